The van der Waals surface area contributed by atoms with Crippen LogP contribution in [-0.4, -0.2) is 17.1 Å². The van der Waals surface area contributed by atoms with Crippen LogP contribution in [0.3, 0.4) is 0 Å². The molecule has 5 heteroatoms. The lowest BCUT2D eigenvalue weighted by atomic mass is 10.1. The Hall–Kier alpha value is -1.55. The number of methoxy groups -OCH3 is 1. The summed E-state index contributed by atoms with van der Waals surface area (Å²) >= 11 is 5.66. The molecule has 1 aromatic heterocycles. The number of nitrogens with one attached hydrogen (secondary N) is 1. The van der Waals surface area contributed by atoms with E-state index in [1.807, 2.05) is 13.0 Å². The van der Waals surface area contributed by atoms with Crippen LogP contribution in [0.15, 0.2) is 16.9 Å². The van der Waals surface area contributed by atoms with Gasteiger partial charge < -0.3 is 9.72 Å². The Balaban J connectivity index is 2.93. The average molecular weight is 239 g/mol. The molecule has 0 radical (unpaired) electrons. The van der Waals surface area contributed by atoms with Crippen molar-refractivity contribution in [2.75, 3.05) is 7.11 Å². The van der Waals surface area contributed by atoms with Crippen molar-refractivity contribution >= 4 is 22.5 Å². The van der Waals surface area contributed by atoms with Gasteiger partial charge in [0.25, 0.3) is 5.56 Å². The fourth-order valence-electron chi connectivity index (χ4n) is 1.65. The SMILES string of the molecule is COc1ccc(C)c2c(=O)[nH]c(CCl)nc12. The molecule has 0 unspecified atom stereocenters. The van der Waals surface area contributed by atoms with E-state index in [9.17, 15) is 4.79 Å². The Morgan fingerprint density at radius 2 is 2.25 bits per heavy atom. The fourth-order valence-corrected chi connectivity index (χ4v) is 1.78. The monoisotopic (exact) mass is 238 g/mol. The van der Waals surface area contributed by atoms with Crippen LogP contribution in [0.4, 0.5) is 0 Å². The van der Waals surface area contributed by atoms with E-state index in [1.165, 1.54) is 0 Å². The van der Waals surface area contributed by atoms with Crippen LogP contribution in [-0.2, 0) is 5.88 Å². The van der Waals surface area contributed by atoms with Crippen LogP contribution in [0.25, 0.3) is 10.9 Å². The first-order chi connectivity index (χ1) is 7.67. The molecule has 0 fully saturated rings. The second-order valence-corrected chi connectivity index (χ2v) is 3.72. The number of H-pyrrole nitrogens is 1. The summed E-state index contributed by atoms with van der Waals surface area (Å²) in [5, 5.41) is 0.549. The molecule has 0 saturated heterocycles. The number of hydrogen-bond donors (Lipinski definition) is 1. The van der Waals surface area contributed by atoms with Crippen LogP contribution in [0.5, 0.6) is 5.75 Å². The summed E-state index contributed by atoms with van der Waals surface area (Å²) in [6.45, 7) is 1.86. The van der Waals surface area contributed by atoms with Crippen LogP contribution < -0.4 is 10.3 Å². The smallest absolute Gasteiger partial charge is 0.259 e. The Labute approximate surface area is 97.2 Å². The third-order valence-corrected chi connectivity index (χ3v) is 2.68. The van der Waals surface area contributed by atoms with Crippen molar-refractivity contribution in [3.05, 3.63) is 33.9 Å². The number of ether oxygens (including phenoxy) is 1. The van der Waals surface area contributed by atoms with E-state index in [2.05, 4.69) is 9.97 Å². The number of nitrogens with zero attached hydrogens (tertiary/aromatic N) is 1. The third-order valence-electron chi connectivity index (χ3n) is 2.43. The van der Waals surface area contributed by atoms with E-state index in [-0.39, 0.29) is 11.4 Å². The van der Waals surface area contributed by atoms with Crippen molar-refractivity contribution in [2.45, 2.75) is 12.8 Å². The second kappa shape index (κ2) is 4.14. The highest BCUT2D eigenvalue weighted by Crippen LogP contribution is 2.23. The van der Waals surface area contributed by atoms with Crippen molar-refractivity contribution in [3.63, 3.8) is 0 Å². The Morgan fingerprint density at radius 1 is 1.50 bits per heavy atom. The van der Waals surface area contributed by atoms with Gasteiger partial charge in [0.2, 0.25) is 0 Å². The molecular weight excluding hydrogens is 228 g/mol. The molecule has 0 amide bonds. The Morgan fingerprint density at radius 3 is 2.88 bits per heavy atom. The quantitative estimate of drug-likeness (QED) is 0.814. The molecule has 1 heterocycles. The number of halogens is 1. The van der Waals surface area contributed by atoms with Crippen LogP contribution >= 0.6 is 11.6 Å². The maximum Gasteiger partial charge on any atom is 0.259 e. The molecule has 1 aromatic carbocycles. The third kappa shape index (κ3) is 1.65. The van der Waals surface area contributed by atoms with Gasteiger partial charge in [-0.15, -0.1) is 11.6 Å². The highest BCUT2D eigenvalue weighted by Gasteiger charge is 2.10. The van der Waals surface area contributed by atoms with Crippen molar-refractivity contribution in [3.8, 4) is 5.75 Å². The minimum Gasteiger partial charge on any atom is -0.494 e. The van der Waals surface area contributed by atoms with Gasteiger partial charge in [-0.2, -0.15) is 0 Å². The summed E-state index contributed by atoms with van der Waals surface area (Å²) in [6.07, 6.45) is 0. The topological polar surface area (TPSA) is 55.0 Å². The summed E-state index contributed by atoms with van der Waals surface area (Å²) in [7, 11) is 1.55. The molecule has 0 atom stereocenters. The molecule has 0 spiro atoms. The number of hydrogen-bond acceptors (Lipinski definition) is 3. The molecule has 2 aromatic rings. The molecule has 0 aliphatic carbocycles. The normalized spacial score (nSPS) is 10.7. The number of benzene rings is 1. The number of aromatic amines is 1. The first-order valence-corrected chi connectivity index (χ1v) is 5.33. The minimum absolute atomic E-state index is 0.169. The van der Waals surface area contributed by atoms with E-state index in [0.29, 0.717) is 22.5 Å². The number of fused-ring (bicyclic) bond motifs is 1. The lowest BCUT2D eigenvalue weighted by molar-refractivity contribution is 0.418. The van der Waals surface area contributed by atoms with Crippen molar-refractivity contribution in [1.29, 1.82) is 0 Å². The van der Waals surface area contributed by atoms with Crippen molar-refractivity contribution in [2.24, 2.45) is 0 Å². The zero-order valence-electron chi connectivity index (χ0n) is 9.00. The van der Waals surface area contributed by atoms with Gasteiger partial charge >= 0.3 is 0 Å². The van der Waals surface area contributed by atoms with Gasteiger partial charge in [-0.25, -0.2) is 4.98 Å². The van der Waals surface area contributed by atoms with Crippen molar-refractivity contribution < 1.29 is 4.74 Å². The first-order valence-electron chi connectivity index (χ1n) is 4.80. The predicted molar refractivity (Wildman–Crippen MR) is 63.2 cm³/mol. The predicted octanol–water partition coefficient (Wildman–Crippen LogP) is 1.98. The van der Waals surface area contributed by atoms with Gasteiger partial charge in [0, 0.05) is 0 Å². The van der Waals surface area contributed by atoms with Gasteiger partial charge in [-0.1, -0.05) is 6.07 Å². The zero-order chi connectivity index (χ0) is 11.7. The van der Waals surface area contributed by atoms with Gasteiger partial charge in [0.05, 0.1) is 18.4 Å². The lowest BCUT2D eigenvalue weighted by Crippen LogP contribution is -2.12. The molecule has 0 saturated carbocycles. The number of aryl methyl sites for hydroxylation is 1. The molecule has 2 rings (SSSR count). The molecule has 1 N–H and O–H groups in total. The van der Waals surface area contributed by atoms with E-state index >= 15 is 0 Å². The number of aromatic nitrogens is 2. The maximum atomic E-state index is 11.8. The standard InChI is InChI=1S/C11H11ClN2O2/c1-6-3-4-7(16-2)10-9(6)11(15)14-8(5-12)13-10/h3-4H,5H2,1-2H3,(H,13,14,15). The van der Waals surface area contributed by atoms with Crippen molar-refractivity contribution in [1.82, 2.24) is 9.97 Å². The fraction of sp³-hybridized carbons (Fsp3) is 0.273. The second-order valence-electron chi connectivity index (χ2n) is 3.45. The van der Waals surface area contributed by atoms with Crippen LogP contribution in [0, 0.1) is 6.92 Å². The zero-order valence-corrected chi connectivity index (χ0v) is 9.76. The summed E-state index contributed by atoms with van der Waals surface area (Å²) in [6, 6.07) is 3.63. The molecule has 16 heavy (non-hydrogen) atoms. The van der Waals surface area contributed by atoms with Gasteiger partial charge in [-0.05, 0) is 18.6 Å². The Kier molecular flexibility index (Phi) is 2.83. The Bertz CT molecular complexity index is 592. The minimum atomic E-state index is -0.183. The summed E-state index contributed by atoms with van der Waals surface area (Å²) < 4.78 is 5.18. The first kappa shape index (κ1) is 11.0. The summed E-state index contributed by atoms with van der Waals surface area (Å²) in [4.78, 5) is 18.7. The molecule has 0 aliphatic rings. The van der Waals surface area contributed by atoms with Gasteiger partial charge in [0.15, 0.2) is 0 Å². The largest absolute Gasteiger partial charge is 0.494 e. The molecule has 0 aliphatic heterocycles. The molecule has 4 nitrogen and oxygen atoms in total. The van der Waals surface area contributed by atoms with Crippen LogP contribution in [0.2, 0.25) is 0 Å². The summed E-state index contributed by atoms with van der Waals surface area (Å²) in [5.41, 5.74) is 1.24. The highest BCUT2D eigenvalue weighted by atomic mass is 35.5. The maximum absolute atomic E-state index is 11.8. The van der Waals surface area contributed by atoms with E-state index < -0.39 is 0 Å². The van der Waals surface area contributed by atoms with E-state index in [1.54, 1.807) is 13.2 Å². The average Bonchev–Trinajstić information content (AvgIpc) is 2.28. The number of alkyl halides is 1. The lowest BCUT2D eigenvalue weighted by Gasteiger charge is -2.07. The summed E-state index contributed by atoms with van der Waals surface area (Å²) in [5.74, 6) is 1.20. The van der Waals surface area contributed by atoms with Crippen LogP contribution in [0.1, 0.15) is 11.4 Å². The van der Waals surface area contributed by atoms with E-state index in [0.717, 1.165) is 5.56 Å². The molecule has 0 bridgehead atoms. The molecular formula is C11H11ClN2O2. The molecule has 84 valence electrons. The van der Waals surface area contributed by atoms with Gasteiger partial charge in [0.1, 0.15) is 17.1 Å². The van der Waals surface area contributed by atoms with E-state index in [4.69, 9.17) is 16.3 Å². The highest BCUT2D eigenvalue weighted by molar-refractivity contribution is 6.16. The number of rotatable bonds is 2. The van der Waals surface area contributed by atoms with Gasteiger partial charge in [-0.3, -0.25) is 4.79 Å².